The number of hydrogen-bond acceptors (Lipinski definition) is 2. The number of carbonyl (C=O) groups is 1. The van der Waals surface area contributed by atoms with Gasteiger partial charge in [-0.15, -0.1) is 0 Å². The Bertz CT molecular complexity index is 841. The van der Waals surface area contributed by atoms with Crippen LogP contribution in [0.3, 0.4) is 0 Å². The minimum Gasteiger partial charge on any atom is -0.396 e. The van der Waals surface area contributed by atoms with Gasteiger partial charge in [-0.25, -0.2) is 9.18 Å². The number of carbonyl (C=O) groups excluding carboxylic acids is 1. The van der Waals surface area contributed by atoms with Gasteiger partial charge in [-0.3, -0.25) is 0 Å². The van der Waals surface area contributed by atoms with Crippen molar-refractivity contribution in [3.63, 3.8) is 0 Å². The Kier molecular flexibility index (Phi) is 6.10. The summed E-state index contributed by atoms with van der Waals surface area (Å²) < 4.78 is 14.1. The average molecular weight is 449 g/mol. The lowest BCUT2D eigenvalue weighted by molar-refractivity contribution is 0.198. The number of hydrogen-bond donors (Lipinski definition) is 3. The molecule has 2 aromatic carbocycles. The summed E-state index contributed by atoms with van der Waals surface area (Å²) in [5.74, 6) is -0.138. The molecule has 3 rings (SSSR count). The maximum atomic E-state index is 13.1. The highest BCUT2D eigenvalue weighted by Gasteiger charge is 2.54. The van der Waals surface area contributed by atoms with E-state index in [0.717, 1.165) is 22.0 Å². The van der Waals surface area contributed by atoms with Gasteiger partial charge in [0.2, 0.25) is 0 Å². The Morgan fingerprint density at radius 3 is 2.61 bits per heavy atom. The lowest BCUT2D eigenvalue weighted by Gasteiger charge is -2.26. The molecule has 2 atom stereocenters. The Hall–Kier alpha value is -1.92. The van der Waals surface area contributed by atoms with E-state index in [1.54, 1.807) is 12.1 Å². The molecule has 4 nitrogen and oxygen atoms in total. The molecule has 2 aromatic rings. The first kappa shape index (κ1) is 20.8. The molecule has 0 bridgehead atoms. The second-order valence-corrected chi connectivity index (χ2v) is 9.17. The Morgan fingerprint density at radius 1 is 1.25 bits per heavy atom. The quantitative estimate of drug-likeness (QED) is 0.590. The summed E-state index contributed by atoms with van der Waals surface area (Å²) in [6, 6.07) is 14.2. The molecule has 0 saturated heterocycles. The molecular weight excluding hydrogens is 423 g/mol. The van der Waals surface area contributed by atoms with Gasteiger partial charge in [-0.1, -0.05) is 54.0 Å². The Morgan fingerprint density at radius 2 is 1.96 bits per heavy atom. The van der Waals surface area contributed by atoms with Crippen LogP contribution in [-0.4, -0.2) is 30.8 Å². The monoisotopic (exact) mass is 448 g/mol. The smallest absolute Gasteiger partial charge is 0.314 e. The predicted molar refractivity (Wildman–Crippen MR) is 112 cm³/mol. The predicted octanol–water partition coefficient (Wildman–Crippen LogP) is 4.33. The number of rotatable bonds is 7. The molecule has 2 amide bonds. The first-order chi connectivity index (χ1) is 13.3. The number of nitrogens with one attached hydrogen (secondary N) is 2. The van der Waals surface area contributed by atoms with Crippen LogP contribution in [-0.2, 0) is 5.41 Å². The van der Waals surface area contributed by atoms with E-state index in [9.17, 15) is 14.3 Å². The van der Waals surface area contributed by atoms with Gasteiger partial charge in [0.1, 0.15) is 5.82 Å². The molecule has 6 heteroatoms. The van der Waals surface area contributed by atoms with E-state index >= 15 is 0 Å². The largest absolute Gasteiger partial charge is 0.396 e. The number of aliphatic hydroxyl groups excluding tert-OH is 1. The zero-order valence-corrected chi connectivity index (χ0v) is 17.7. The average Bonchev–Trinajstić information content (AvgIpc) is 3.40. The van der Waals surface area contributed by atoms with Crippen LogP contribution < -0.4 is 10.6 Å². The summed E-state index contributed by atoms with van der Waals surface area (Å²) in [5.41, 5.74) is 1.54. The van der Waals surface area contributed by atoms with Crippen LogP contribution in [0, 0.1) is 11.2 Å². The van der Waals surface area contributed by atoms with Crippen molar-refractivity contribution in [2.75, 3.05) is 19.7 Å². The number of aliphatic hydroxyl groups is 1. The summed E-state index contributed by atoms with van der Waals surface area (Å²) in [6.45, 7) is 5.02. The molecule has 0 radical (unpaired) electrons. The standard InChI is InChI=1S/C22H26BrFN2O2/c1-21(2,16-4-3-5-17(23)10-16)12-25-20(28)26-13-22(14-27)11-19(22)15-6-8-18(24)9-7-15/h3-10,19,27H,11-14H2,1-2H3,(H2,25,26,28). The van der Waals surface area contributed by atoms with Crippen LogP contribution >= 0.6 is 15.9 Å². The maximum Gasteiger partial charge on any atom is 0.314 e. The fraction of sp³-hybridized carbons (Fsp3) is 0.409. The molecule has 0 aromatic heterocycles. The molecule has 150 valence electrons. The SMILES string of the molecule is CC(C)(CNC(=O)NCC1(CO)CC1c1ccc(F)cc1)c1cccc(Br)c1. The first-order valence-electron chi connectivity index (χ1n) is 9.40. The molecular formula is C22H26BrFN2O2. The van der Waals surface area contributed by atoms with Gasteiger partial charge in [0, 0.05) is 28.4 Å². The van der Waals surface area contributed by atoms with Crippen molar-refractivity contribution in [2.45, 2.75) is 31.6 Å². The van der Waals surface area contributed by atoms with E-state index in [1.165, 1.54) is 12.1 Å². The normalized spacial score (nSPS) is 21.2. The van der Waals surface area contributed by atoms with Gasteiger partial charge in [0.25, 0.3) is 0 Å². The molecule has 1 aliphatic rings. The maximum absolute atomic E-state index is 13.1. The van der Waals surface area contributed by atoms with E-state index in [0.29, 0.717) is 13.1 Å². The van der Waals surface area contributed by atoms with Crippen LogP contribution in [0.2, 0.25) is 0 Å². The van der Waals surface area contributed by atoms with Crippen molar-refractivity contribution in [3.8, 4) is 0 Å². The molecule has 1 aliphatic carbocycles. The Labute approximate surface area is 173 Å². The molecule has 0 heterocycles. The van der Waals surface area contributed by atoms with Crippen LogP contribution in [0.5, 0.6) is 0 Å². The fourth-order valence-electron chi connectivity index (χ4n) is 3.57. The highest BCUT2D eigenvalue weighted by Crippen LogP contribution is 2.58. The zero-order chi connectivity index (χ0) is 20.4. The third-order valence-corrected chi connectivity index (χ3v) is 6.17. The first-order valence-corrected chi connectivity index (χ1v) is 10.2. The van der Waals surface area contributed by atoms with Gasteiger partial charge in [-0.05, 0) is 47.7 Å². The minimum absolute atomic E-state index is 0.0150. The van der Waals surface area contributed by atoms with Crippen molar-refractivity contribution in [3.05, 3.63) is 69.9 Å². The van der Waals surface area contributed by atoms with Crippen LogP contribution in [0.15, 0.2) is 53.0 Å². The highest BCUT2D eigenvalue weighted by molar-refractivity contribution is 9.10. The highest BCUT2D eigenvalue weighted by atomic mass is 79.9. The molecule has 1 saturated carbocycles. The number of amides is 2. The third-order valence-electron chi connectivity index (χ3n) is 5.67. The fourth-order valence-corrected chi connectivity index (χ4v) is 3.97. The van der Waals surface area contributed by atoms with Crippen LogP contribution in [0.4, 0.5) is 9.18 Å². The second-order valence-electron chi connectivity index (χ2n) is 8.26. The van der Waals surface area contributed by atoms with E-state index in [-0.39, 0.29) is 35.2 Å². The van der Waals surface area contributed by atoms with Crippen LogP contribution in [0.25, 0.3) is 0 Å². The zero-order valence-electron chi connectivity index (χ0n) is 16.1. The lowest BCUT2D eigenvalue weighted by Crippen LogP contribution is -2.44. The molecule has 28 heavy (non-hydrogen) atoms. The molecule has 0 spiro atoms. The summed E-state index contributed by atoms with van der Waals surface area (Å²) in [6.07, 6.45) is 0.777. The van der Waals surface area contributed by atoms with Crippen molar-refractivity contribution < 1.29 is 14.3 Å². The van der Waals surface area contributed by atoms with Crippen LogP contribution in [0.1, 0.15) is 37.3 Å². The van der Waals surface area contributed by atoms with Gasteiger partial charge < -0.3 is 15.7 Å². The van der Waals surface area contributed by atoms with E-state index in [4.69, 9.17) is 0 Å². The Balaban J connectivity index is 1.52. The van der Waals surface area contributed by atoms with Gasteiger partial charge in [0.15, 0.2) is 0 Å². The minimum atomic E-state index is -0.366. The van der Waals surface area contributed by atoms with Crippen molar-refractivity contribution in [2.24, 2.45) is 5.41 Å². The van der Waals surface area contributed by atoms with E-state index < -0.39 is 0 Å². The summed E-state index contributed by atoms with van der Waals surface area (Å²) in [7, 11) is 0. The van der Waals surface area contributed by atoms with E-state index in [2.05, 4.69) is 46.5 Å². The number of benzene rings is 2. The second kappa shape index (κ2) is 8.21. The summed E-state index contributed by atoms with van der Waals surface area (Å²) >= 11 is 3.48. The van der Waals surface area contributed by atoms with Gasteiger partial charge in [0.05, 0.1) is 6.61 Å². The topological polar surface area (TPSA) is 61.4 Å². The van der Waals surface area contributed by atoms with Crippen molar-refractivity contribution in [1.29, 1.82) is 0 Å². The number of halogens is 2. The lowest BCUT2D eigenvalue weighted by atomic mass is 9.85. The number of urea groups is 1. The molecule has 2 unspecified atom stereocenters. The van der Waals surface area contributed by atoms with Gasteiger partial charge >= 0.3 is 6.03 Å². The van der Waals surface area contributed by atoms with Gasteiger partial charge in [-0.2, -0.15) is 0 Å². The van der Waals surface area contributed by atoms with Crippen molar-refractivity contribution in [1.82, 2.24) is 10.6 Å². The van der Waals surface area contributed by atoms with E-state index in [1.807, 2.05) is 18.2 Å². The van der Waals surface area contributed by atoms with Crippen molar-refractivity contribution >= 4 is 22.0 Å². The summed E-state index contributed by atoms with van der Waals surface area (Å²) in [5, 5.41) is 15.7. The summed E-state index contributed by atoms with van der Waals surface area (Å²) in [4.78, 5) is 12.3. The molecule has 3 N–H and O–H groups in total. The third kappa shape index (κ3) is 4.73. The molecule has 0 aliphatic heterocycles. The molecule has 1 fully saturated rings.